The van der Waals surface area contributed by atoms with E-state index in [-0.39, 0.29) is 0 Å². The quantitative estimate of drug-likeness (QED) is 0.553. The van der Waals surface area contributed by atoms with Gasteiger partial charge in [0.2, 0.25) is 0 Å². The normalized spacial score (nSPS) is 13.3. The Labute approximate surface area is 101 Å². The molecular formula is C13H30N2O. The zero-order valence-corrected chi connectivity index (χ0v) is 11.4. The zero-order valence-electron chi connectivity index (χ0n) is 11.4. The second-order valence-corrected chi connectivity index (χ2v) is 4.49. The molecule has 2 N–H and O–H groups in total. The van der Waals surface area contributed by atoms with E-state index in [1.165, 1.54) is 32.2 Å². The summed E-state index contributed by atoms with van der Waals surface area (Å²) < 4.78 is 5.33. The molecular weight excluding hydrogens is 200 g/mol. The van der Waals surface area contributed by atoms with Gasteiger partial charge < -0.3 is 15.4 Å². The minimum absolute atomic E-state index is 0.822. The van der Waals surface area contributed by atoms with E-state index in [1.54, 1.807) is 0 Å². The van der Waals surface area contributed by atoms with Crippen LogP contribution in [0, 0.1) is 5.92 Å². The third-order valence-electron chi connectivity index (χ3n) is 3.13. The topological polar surface area (TPSA) is 38.5 Å². The van der Waals surface area contributed by atoms with Crippen LogP contribution >= 0.6 is 0 Å². The Morgan fingerprint density at radius 3 is 2.50 bits per heavy atom. The summed E-state index contributed by atoms with van der Waals surface area (Å²) in [6, 6.07) is 0. The van der Waals surface area contributed by atoms with Crippen molar-refractivity contribution in [2.24, 2.45) is 11.7 Å². The Kier molecular flexibility index (Phi) is 11.3. The summed E-state index contributed by atoms with van der Waals surface area (Å²) in [5.41, 5.74) is 5.59. The molecule has 3 nitrogen and oxygen atoms in total. The van der Waals surface area contributed by atoms with Crippen LogP contribution in [-0.4, -0.2) is 44.8 Å². The fourth-order valence-corrected chi connectivity index (χ4v) is 1.91. The van der Waals surface area contributed by atoms with E-state index >= 15 is 0 Å². The van der Waals surface area contributed by atoms with Gasteiger partial charge in [-0.25, -0.2) is 0 Å². The van der Waals surface area contributed by atoms with Crippen molar-refractivity contribution in [1.29, 1.82) is 0 Å². The summed E-state index contributed by atoms with van der Waals surface area (Å²) in [6.07, 6.45) is 5.03. The van der Waals surface area contributed by atoms with E-state index in [0.29, 0.717) is 0 Å². The summed E-state index contributed by atoms with van der Waals surface area (Å²) in [4.78, 5) is 2.35. The van der Waals surface area contributed by atoms with Crippen molar-refractivity contribution in [3.8, 4) is 0 Å². The van der Waals surface area contributed by atoms with Crippen LogP contribution in [0.1, 0.15) is 39.5 Å². The van der Waals surface area contributed by atoms with Gasteiger partial charge in [-0.2, -0.15) is 0 Å². The lowest BCUT2D eigenvalue weighted by molar-refractivity contribution is 0.121. The van der Waals surface area contributed by atoms with E-state index in [2.05, 4.69) is 18.9 Å². The Hall–Kier alpha value is -0.120. The first kappa shape index (κ1) is 15.9. The van der Waals surface area contributed by atoms with Gasteiger partial charge in [0.05, 0.1) is 6.61 Å². The second kappa shape index (κ2) is 11.4. The van der Waals surface area contributed by atoms with Crippen molar-refractivity contribution in [1.82, 2.24) is 4.90 Å². The van der Waals surface area contributed by atoms with E-state index in [4.69, 9.17) is 10.5 Å². The van der Waals surface area contributed by atoms with Gasteiger partial charge in [-0.15, -0.1) is 0 Å². The number of nitrogens with zero attached hydrogens (tertiary/aromatic N) is 1. The highest BCUT2D eigenvalue weighted by molar-refractivity contribution is 4.60. The highest BCUT2D eigenvalue weighted by Gasteiger charge is 2.05. The maximum atomic E-state index is 5.59. The van der Waals surface area contributed by atoms with E-state index in [9.17, 15) is 0 Å². The fourth-order valence-electron chi connectivity index (χ4n) is 1.91. The molecule has 0 spiro atoms. The molecule has 0 saturated carbocycles. The van der Waals surface area contributed by atoms with Crippen molar-refractivity contribution in [2.45, 2.75) is 39.5 Å². The number of hydrogen-bond donors (Lipinski definition) is 1. The van der Waals surface area contributed by atoms with Crippen LogP contribution in [0.3, 0.4) is 0 Å². The van der Waals surface area contributed by atoms with Crippen LogP contribution in [0.2, 0.25) is 0 Å². The van der Waals surface area contributed by atoms with Gasteiger partial charge in [0.1, 0.15) is 0 Å². The van der Waals surface area contributed by atoms with E-state index < -0.39 is 0 Å². The molecule has 0 aliphatic carbocycles. The minimum atomic E-state index is 0.822. The molecule has 0 aromatic rings. The smallest absolute Gasteiger partial charge is 0.0593 e. The van der Waals surface area contributed by atoms with Crippen molar-refractivity contribution in [3.05, 3.63) is 0 Å². The van der Waals surface area contributed by atoms with Crippen LogP contribution in [-0.2, 0) is 4.74 Å². The number of nitrogens with two attached hydrogens (primary N) is 1. The van der Waals surface area contributed by atoms with Crippen molar-refractivity contribution < 1.29 is 4.74 Å². The summed E-state index contributed by atoms with van der Waals surface area (Å²) in [5, 5.41) is 0. The lowest BCUT2D eigenvalue weighted by atomic mass is 9.97. The van der Waals surface area contributed by atoms with E-state index in [1.807, 2.05) is 6.92 Å². The van der Waals surface area contributed by atoms with Crippen LogP contribution in [0.5, 0.6) is 0 Å². The number of hydrogen-bond acceptors (Lipinski definition) is 3. The third kappa shape index (κ3) is 9.13. The van der Waals surface area contributed by atoms with Crippen LogP contribution < -0.4 is 5.73 Å². The predicted molar refractivity (Wildman–Crippen MR) is 70.7 cm³/mol. The van der Waals surface area contributed by atoms with Crippen molar-refractivity contribution in [3.63, 3.8) is 0 Å². The average molecular weight is 230 g/mol. The molecule has 0 fully saturated rings. The summed E-state index contributed by atoms with van der Waals surface area (Å²) in [6.45, 7) is 9.03. The first-order valence-corrected chi connectivity index (χ1v) is 6.70. The van der Waals surface area contributed by atoms with Gasteiger partial charge in [0.25, 0.3) is 0 Å². The van der Waals surface area contributed by atoms with Gasteiger partial charge in [-0.3, -0.25) is 0 Å². The largest absolute Gasteiger partial charge is 0.380 e. The highest BCUT2D eigenvalue weighted by Crippen LogP contribution is 2.14. The Balaban J connectivity index is 3.40. The molecule has 0 heterocycles. The average Bonchev–Trinajstić information content (AvgIpc) is 2.28. The predicted octanol–water partition coefficient (Wildman–Crippen LogP) is 2.11. The van der Waals surface area contributed by atoms with Crippen LogP contribution in [0.25, 0.3) is 0 Å². The van der Waals surface area contributed by atoms with Crippen LogP contribution in [0.15, 0.2) is 0 Å². The molecule has 0 saturated heterocycles. The molecule has 0 radical (unpaired) electrons. The molecule has 3 heteroatoms. The van der Waals surface area contributed by atoms with Gasteiger partial charge in [-0.1, -0.05) is 13.3 Å². The molecule has 16 heavy (non-hydrogen) atoms. The van der Waals surface area contributed by atoms with Crippen molar-refractivity contribution >= 4 is 0 Å². The van der Waals surface area contributed by atoms with E-state index in [0.717, 1.165) is 32.2 Å². The monoisotopic (exact) mass is 230 g/mol. The lowest BCUT2D eigenvalue weighted by Gasteiger charge is -2.18. The maximum absolute atomic E-state index is 5.59. The Bertz CT molecular complexity index is 142. The Morgan fingerprint density at radius 2 is 1.94 bits per heavy atom. The highest BCUT2D eigenvalue weighted by atomic mass is 16.5. The van der Waals surface area contributed by atoms with Gasteiger partial charge >= 0.3 is 0 Å². The van der Waals surface area contributed by atoms with Gasteiger partial charge in [0.15, 0.2) is 0 Å². The summed E-state index contributed by atoms with van der Waals surface area (Å²) >= 11 is 0. The number of likely N-dealkylation sites (N-methyl/N-ethyl adjacent to an activating group) is 1. The fraction of sp³-hybridized carbons (Fsp3) is 1.00. The number of ether oxygens (including phenoxy) is 1. The van der Waals surface area contributed by atoms with Gasteiger partial charge in [0, 0.05) is 13.2 Å². The summed E-state index contributed by atoms with van der Waals surface area (Å²) in [7, 11) is 2.17. The third-order valence-corrected chi connectivity index (χ3v) is 3.13. The molecule has 0 amide bonds. The Morgan fingerprint density at radius 1 is 1.19 bits per heavy atom. The molecule has 0 bridgehead atoms. The molecule has 98 valence electrons. The molecule has 0 rings (SSSR count). The minimum Gasteiger partial charge on any atom is -0.380 e. The summed E-state index contributed by atoms with van der Waals surface area (Å²) in [5.74, 6) is 0.824. The first-order valence-electron chi connectivity index (χ1n) is 6.70. The van der Waals surface area contributed by atoms with Crippen LogP contribution in [0.4, 0.5) is 0 Å². The second-order valence-electron chi connectivity index (χ2n) is 4.49. The standard InChI is InChI=1S/C13H30N2O/c1-4-13(8-9-14)7-6-10-15(3)11-12-16-5-2/h13H,4-12,14H2,1-3H3. The molecule has 0 aliphatic rings. The number of rotatable bonds is 11. The molecule has 1 atom stereocenters. The molecule has 1 unspecified atom stereocenters. The van der Waals surface area contributed by atoms with Gasteiger partial charge in [-0.05, 0) is 52.2 Å². The zero-order chi connectivity index (χ0) is 12.2. The SMILES string of the molecule is CCOCCN(C)CCCC(CC)CCN. The first-order chi connectivity index (χ1) is 7.74. The van der Waals surface area contributed by atoms with Crippen molar-refractivity contribution in [2.75, 3.05) is 39.9 Å². The maximum Gasteiger partial charge on any atom is 0.0593 e. The molecule has 0 aromatic heterocycles. The lowest BCUT2D eigenvalue weighted by Crippen LogP contribution is -2.24. The molecule has 0 aromatic carbocycles. The molecule has 0 aliphatic heterocycles.